The molecule has 0 spiro atoms. The molecule has 0 unspecified atom stereocenters. The van der Waals surface area contributed by atoms with E-state index in [2.05, 4.69) is 35.5 Å². The normalized spacial score (nSPS) is 19.9. The minimum atomic E-state index is -3.32. The van der Waals surface area contributed by atoms with Gasteiger partial charge in [0, 0.05) is 42.7 Å². The molecule has 0 fully saturated rings. The lowest BCUT2D eigenvalue weighted by molar-refractivity contribution is 0.0930. The number of thiophene rings is 1. The van der Waals surface area contributed by atoms with Gasteiger partial charge in [0.25, 0.3) is 5.91 Å². The van der Waals surface area contributed by atoms with E-state index in [9.17, 15) is 13.2 Å². The number of nitrogens with one attached hydrogen (secondary N) is 1. The summed E-state index contributed by atoms with van der Waals surface area (Å²) >= 11 is 1.81. The van der Waals surface area contributed by atoms with Crippen molar-refractivity contribution in [2.24, 2.45) is 0 Å². The minimum absolute atomic E-state index is 0.150. The summed E-state index contributed by atoms with van der Waals surface area (Å²) in [7, 11) is -1.82. The van der Waals surface area contributed by atoms with E-state index < -0.39 is 10.0 Å². The number of carbonyl (C=O) groups is 1. The molecule has 8 heteroatoms. The molecule has 0 aliphatic carbocycles. The molecule has 1 aliphatic heterocycles. The maximum atomic E-state index is 12.4. The van der Waals surface area contributed by atoms with E-state index in [4.69, 9.17) is 0 Å². The van der Waals surface area contributed by atoms with Gasteiger partial charge in [-0.1, -0.05) is 0 Å². The molecule has 0 radical (unpaired) electrons. The summed E-state index contributed by atoms with van der Waals surface area (Å²) in [5.41, 5.74) is 2.50. The number of carbonyl (C=O) groups excluding carboxylic acids is 1. The second-order valence-corrected chi connectivity index (χ2v) is 10.3. The van der Waals surface area contributed by atoms with Crippen LogP contribution in [0.1, 0.15) is 40.7 Å². The molecule has 0 saturated carbocycles. The number of rotatable bonds is 6. The van der Waals surface area contributed by atoms with Crippen molar-refractivity contribution >= 4 is 33.0 Å². The Morgan fingerprint density at radius 2 is 1.93 bits per heavy atom. The second kappa shape index (κ2) is 8.23. The van der Waals surface area contributed by atoms with Gasteiger partial charge in [0.1, 0.15) is 0 Å². The van der Waals surface area contributed by atoms with E-state index in [1.165, 1.54) is 21.8 Å². The number of hydrogen-bond donors (Lipinski definition) is 1. The number of nitrogens with zero attached hydrogens (tertiary/aromatic N) is 2. The SMILES string of the molecule is C[C@@H]1Cc2ccsc2[C@H](C)N1CCNC(=O)c1ccc(N(C)S(C)(=O)=O)cc1. The molecule has 1 aromatic heterocycles. The first kappa shape index (κ1) is 20.8. The Labute approximate surface area is 171 Å². The van der Waals surface area contributed by atoms with E-state index in [-0.39, 0.29) is 5.91 Å². The summed E-state index contributed by atoms with van der Waals surface area (Å²) < 4.78 is 24.4. The predicted molar refractivity (Wildman–Crippen MR) is 115 cm³/mol. The summed E-state index contributed by atoms with van der Waals surface area (Å²) in [5, 5.41) is 5.13. The number of benzene rings is 1. The topological polar surface area (TPSA) is 69.7 Å². The van der Waals surface area contributed by atoms with E-state index in [0.29, 0.717) is 29.9 Å². The van der Waals surface area contributed by atoms with Crippen LogP contribution in [0.3, 0.4) is 0 Å². The van der Waals surface area contributed by atoms with Crippen molar-refractivity contribution < 1.29 is 13.2 Å². The average molecular weight is 422 g/mol. The molecule has 1 aliphatic rings. The number of sulfonamides is 1. The molecule has 3 rings (SSSR count). The quantitative estimate of drug-likeness (QED) is 0.779. The fraction of sp³-hybridized carbons (Fsp3) is 0.450. The van der Waals surface area contributed by atoms with Crippen LogP contribution in [0.4, 0.5) is 5.69 Å². The van der Waals surface area contributed by atoms with Gasteiger partial charge in [-0.15, -0.1) is 11.3 Å². The van der Waals surface area contributed by atoms with Crippen LogP contribution in [-0.2, 0) is 16.4 Å². The Morgan fingerprint density at radius 3 is 2.57 bits per heavy atom. The van der Waals surface area contributed by atoms with E-state index >= 15 is 0 Å². The summed E-state index contributed by atoms with van der Waals surface area (Å²) in [6.45, 7) is 5.82. The third-order valence-corrected chi connectivity index (χ3v) is 7.72. The molecule has 6 nitrogen and oxygen atoms in total. The van der Waals surface area contributed by atoms with Crippen molar-refractivity contribution in [1.82, 2.24) is 10.2 Å². The molecule has 2 aromatic rings. The number of fused-ring (bicyclic) bond motifs is 1. The van der Waals surface area contributed by atoms with Crippen LogP contribution in [0.15, 0.2) is 35.7 Å². The van der Waals surface area contributed by atoms with Crippen LogP contribution < -0.4 is 9.62 Å². The zero-order valence-electron chi connectivity index (χ0n) is 16.7. The molecule has 152 valence electrons. The van der Waals surface area contributed by atoms with Crippen molar-refractivity contribution in [3.8, 4) is 0 Å². The standard InChI is InChI=1S/C20H27N3O3S2/c1-14-13-17-9-12-27-19(17)15(2)23(14)11-10-21-20(24)16-5-7-18(8-6-16)22(3)28(4,25)26/h5-9,12,14-15H,10-11,13H2,1-4H3,(H,21,24)/t14-,15+/m1/s1. The fourth-order valence-corrected chi connectivity index (χ4v) is 5.20. The maximum absolute atomic E-state index is 12.4. The van der Waals surface area contributed by atoms with E-state index in [1.807, 2.05) is 0 Å². The molecule has 1 N–H and O–H groups in total. The van der Waals surface area contributed by atoms with Crippen molar-refractivity contribution in [3.63, 3.8) is 0 Å². The molecule has 28 heavy (non-hydrogen) atoms. The second-order valence-electron chi connectivity index (χ2n) is 7.31. The molecular weight excluding hydrogens is 394 g/mol. The molecule has 0 bridgehead atoms. The van der Waals surface area contributed by atoms with Crippen LogP contribution in [0, 0.1) is 0 Å². The fourth-order valence-electron chi connectivity index (χ4n) is 3.68. The van der Waals surface area contributed by atoms with Crippen LogP contribution in [-0.4, -0.2) is 51.7 Å². The smallest absolute Gasteiger partial charge is 0.251 e. The van der Waals surface area contributed by atoms with Gasteiger partial charge in [-0.05, 0) is 61.5 Å². The highest BCUT2D eigenvalue weighted by atomic mass is 32.2. The van der Waals surface area contributed by atoms with Gasteiger partial charge >= 0.3 is 0 Å². The van der Waals surface area contributed by atoms with E-state index in [1.54, 1.807) is 35.6 Å². The molecule has 2 atom stereocenters. The summed E-state index contributed by atoms with van der Waals surface area (Å²) in [6.07, 6.45) is 2.20. The average Bonchev–Trinajstić information content (AvgIpc) is 3.11. The van der Waals surface area contributed by atoms with Crippen molar-refractivity contribution in [2.75, 3.05) is 30.7 Å². The molecule has 1 amide bonds. The third kappa shape index (κ3) is 4.39. The zero-order chi connectivity index (χ0) is 20.5. The first-order valence-corrected chi connectivity index (χ1v) is 12.1. The first-order valence-electron chi connectivity index (χ1n) is 9.32. The van der Waals surface area contributed by atoms with Crippen molar-refractivity contribution in [3.05, 3.63) is 51.7 Å². The number of amides is 1. The molecule has 2 heterocycles. The lowest BCUT2D eigenvalue weighted by Gasteiger charge is -2.38. The Morgan fingerprint density at radius 1 is 1.25 bits per heavy atom. The van der Waals surface area contributed by atoms with Gasteiger partial charge in [0.05, 0.1) is 11.9 Å². The lowest BCUT2D eigenvalue weighted by Crippen LogP contribution is -2.44. The first-order chi connectivity index (χ1) is 13.2. The Kier molecular flexibility index (Phi) is 6.12. The van der Waals surface area contributed by atoms with Crippen LogP contribution in [0.5, 0.6) is 0 Å². The van der Waals surface area contributed by atoms with Gasteiger partial charge in [-0.25, -0.2) is 8.42 Å². The van der Waals surface area contributed by atoms with Gasteiger partial charge in [0.15, 0.2) is 0 Å². The summed E-state index contributed by atoms with van der Waals surface area (Å²) in [5.74, 6) is -0.150. The molecular formula is C20H27N3O3S2. The van der Waals surface area contributed by atoms with E-state index in [0.717, 1.165) is 19.2 Å². The highest BCUT2D eigenvalue weighted by Gasteiger charge is 2.29. The Bertz CT molecular complexity index is 938. The zero-order valence-corrected chi connectivity index (χ0v) is 18.3. The third-order valence-electron chi connectivity index (χ3n) is 5.39. The number of anilines is 1. The maximum Gasteiger partial charge on any atom is 0.251 e. The number of hydrogen-bond acceptors (Lipinski definition) is 5. The van der Waals surface area contributed by atoms with Gasteiger partial charge in [0.2, 0.25) is 10.0 Å². The van der Waals surface area contributed by atoms with Crippen molar-refractivity contribution in [1.29, 1.82) is 0 Å². The molecule has 1 aromatic carbocycles. The minimum Gasteiger partial charge on any atom is -0.351 e. The highest BCUT2D eigenvalue weighted by molar-refractivity contribution is 7.92. The Hall–Kier alpha value is -1.90. The van der Waals surface area contributed by atoms with Gasteiger partial charge in [-0.3, -0.25) is 14.0 Å². The monoisotopic (exact) mass is 421 g/mol. The molecule has 0 saturated heterocycles. The largest absolute Gasteiger partial charge is 0.351 e. The predicted octanol–water partition coefficient (Wildman–Crippen LogP) is 2.88. The lowest BCUT2D eigenvalue weighted by atomic mass is 9.97. The summed E-state index contributed by atoms with van der Waals surface area (Å²) in [6, 6.07) is 9.61. The van der Waals surface area contributed by atoms with Gasteiger partial charge in [-0.2, -0.15) is 0 Å². The highest BCUT2D eigenvalue weighted by Crippen LogP contribution is 2.35. The summed E-state index contributed by atoms with van der Waals surface area (Å²) in [4.78, 5) is 16.3. The van der Waals surface area contributed by atoms with Gasteiger partial charge < -0.3 is 5.32 Å². The Balaban J connectivity index is 1.56. The van der Waals surface area contributed by atoms with Crippen molar-refractivity contribution in [2.45, 2.75) is 32.4 Å². The van der Waals surface area contributed by atoms with Crippen LogP contribution >= 0.6 is 11.3 Å². The van der Waals surface area contributed by atoms with Crippen LogP contribution in [0.2, 0.25) is 0 Å². The van der Waals surface area contributed by atoms with Crippen LogP contribution in [0.25, 0.3) is 0 Å².